The van der Waals surface area contributed by atoms with Crippen LogP contribution in [-0.4, -0.2) is 37.7 Å². The molecule has 2 fully saturated rings. The number of halogens is 1. The van der Waals surface area contributed by atoms with Crippen LogP contribution in [0.3, 0.4) is 0 Å². The van der Waals surface area contributed by atoms with E-state index in [4.69, 9.17) is 4.74 Å². The van der Waals surface area contributed by atoms with E-state index < -0.39 is 5.97 Å². The van der Waals surface area contributed by atoms with Crippen LogP contribution in [0.4, 0.5) is 0 Å². The Bertz CT molecular complexity index is 613. The van der Waals surface area contributed by atoms with Crippen LogP contribution in [0.15, 0.2) is 24.3 Å². The van der Waals surface area contributed by atoms with Gasteiger partial charge in [-0.05, 0) is 49.3 Å². The fourth-order valence-corrected chi connectivity index (χ4v) is 3.82. The number of benzene rings is 1. The average molecular weight is 383 g/mol. The molecular formula is C19H27ClN2O4. The Balaban J connectivity index is 0.00000243. The lowest BCUT2D eigenvalue weighted by Gasteiger charge is -2.28. The molecule has 2 aliphatic heterocycles. The number of ether oxygens (including phenoxy) is 2. The topological polar surface area (TPSA) is 76.7 Å². The predicted octanol–water partition coefficient (Wildman–Crippen LogP) is 2.20. The van der Waals surface area contributed by atoms with E-state index in [9.17, 15) is 9.59 Å². The van der Waals surface area contributed by atoms with E-state index in [0.29, 0.717) is 36.7 Å². The second-order valence-corrected chi connectivity index (χ2v) is 6.97. The van der Waals surface area contributed by atoms with Gasteiger partial charge in [-0.2, -0.15) is 0 Å². The smallest absolute Gasteiger partial charge is 0.343 e. The molecule has 26 heavy (non-hydrogen) atoms. The molecule has 0 aromatic heterocycles. The molecule has 7 heteroatoms. The first kappa shape index (κ1) is 20.5. The highest BCUT2D eigenvalue weighted by Crippen LogP contribution is 2.32. The van der Waals surface area contributed by atoms with Crippen molar-refractivity contribution in [2.24, 2.45) is 5.92 Å². The molecule has 0 saturated carbocycles. The van der Waals surface area contributed by atoms with Gasteiger partial charge in [-0.15, -0.1) is 12.4 Å². The molecule has 2 heterocycles. The minimum atomic E-state index is -0.422. The van der Waals surface area contributed by atoms with Crippen molar-refractivity contribution in [1.82, 2.24) is 10.6 Å². The van der Waals surface area contributed by atoms with Gasteiger partial charge < -0.3 is 20.1 Å². The summed E-state index contributed by atoms with van der Waals surface area (Å²) in [6.07, 6.45) is 5.33. The molecule has 0 spiro atoms. The van der Waals surface area contributed by atoms with Crippen molar-refractivity contribution in [2.75, 3.05) is 13.7 Å². The van der Waals surface area contributed by atoms with Crippen molar-refractivity contribution in [1.29, 1.82) is 0 Å². The summed E-state index contributed by atoms with van der Waals surface area (Å²) in [6.45, 7) is 0.344. The molecule has 0 aliphatic carbocycles. The zero-order valence-corrected chi connectivity index (χ0v) is 15.8. The standard InChI is InChI=1S/C19H26N2O4.ClH/c1-24-19(23)12-25-17-4-2-3-13(9-17)11-20-18(22)10-14-7-15-5-6-16(8-14)21-15;/h2-4,9,14-16,21H,5-8,10-12H2,1H3,(H,20,22);1H. The van der Waals surface area contributed by atoms with Gasteiger partial charge in [0.15, 0.2) is 6.61 Å². The quantitative estimate of drug-likeness (QED) is 0.707. The molecule has 2 saturated heterocycles. The van der Waals surface area contributed by atoms with E-state index in [-0.39, 0.29) is 24.9 Å². The molecule has 144 valence electrons. The molecule has 3 rings (SSSR count). The molecule has 2 N–H and O–H groups in total. The number of carbonyl (C=O) groups is 2. The minimum absolute atomic E-state index is 0. The van der Waals surface area contributed by atoms with Crippen LogP contribution in [-0.2, 0) is 20.9 Å². The molecule has 2 unspecified atom stereocenters. The maximum absolute atomic E-state index is 12.2. The normalized spacial score (nSPS) is 23.7. The monoisotopic (exact) mass is 382 g/mol. The van der Waals surface area contributed by atoms with Gasteiger partial charge in [0.25, 0.3) is 0 Å². The molecule has 1 amide bonds. The van der Waals surface area contributed by atoms with Gasteiger partial charge in [-0.25, -0.2) is 4.79 Å². The van der Waals surface area contributed by atoms with Gasteiger partial charge in [0, 0.05) is 25.0 Å². The van der Waals surface area contributed by atoms with E-state index in [0.717, 1.165) is 18.4 Å². The summed E-state index contributed by atoms with van der Waals surface area (Å²) >= 11 is 0. The molecule has 2 bridgehead atoms. The van der Waals surface area contributed by atoms with E-state index in [1.54, 1.807) is 6.07 Å². The molecule has 2 aliphatic rings. The van der Waals surface area contributed by atoms with Crippen molar-refractivity contribution < 1.29 is 19.1 Å². The van der Waals surface area contributed by atoms with Gasteiger partial charge in [0.2, 0.25) is 5.91 Å². The summed E-state index contributed by atoms with van der Waals surface area (Å²) in [5, 5.41) is 6.60. The van der Waals surface area contributed by atoms with E-state index in [1.807, 2.05) is 18.2 Å². The number of fused-ring (bicyclic) bond motifs is 2. The van der Waals surface area contributed by atoms with Crippen molar-refractivity contribution >= 4 is 24.3 Å². The van der Waals surface area contributed by atoms with Gasteiger partial charge in [0.1, 0.15) is 5.75 Å². The average Bonchev–Trinajstić information content (AvgIpc) is 2.96. The first-order valence-electron chi connectivity index (χ1n) is 8.93. The van der Waals surface area contributed by atoms with Crippen molar-refractivity contribution in [2.45, 2.75) is 50.7 Å². The van der Waals surface area contributed by atoms with Crippen LogP contribution in [0, 0.1) is 5.92 Å². The van der Waals surface area contributed by atoms with Crippen LogP contribution < -0.4 is 15.4 Å². The van der Waals surface area contributed by atoms with Gasteiger partial charge in [0.05, 0.1) is 7.11 Å². The van der Waals surface area contributed by atoms with E-state index in [1.165, 1.54) is 20.0 Å². The van der Waals surface area contributed by atoms with E-state index >= 15 is 0 Å². The highest BCUT2D eigenvalue weighted by atomic mass is 35.5. The third-order valence-corrected chi connectivity index (χ3v) is 5.02. The molecule has 0 radical (unpaired) electrons. The number of amides is 1. The first-order valence-corrected chi connectivity index (χ1v) is 8.93. The maximum atomic E-state index is 12.2. The number of esters is 1. The second kappa shape index (κ2) is 9.78. The van der Waals surface area contributed by atoms with Gasteiger partial charge in [-0.3, -0.25) is 4.79 Å². The lowest BCUT2D eigenvalue weighted by Crippen LogP contribution is -2.39. The van der Waals surface area contributed by atoms with Crippen LogP contribution in [0.5, 0.6) is 5.75 Å². The van der Waals surface area contributed by atoms with Gasteiger partial charge in [-0.1, -0.05) is 12.1 Å². The minimum Gasteiger partial charge on any atom is -0.482 e. The van der Waals surface area contributed by atoms with Crippen molar-refractivity contribution in [3.05, 3.63) is 29.8 Å². The number of rotatable bonds is 7. The van der Waals surface area contributed by atoms with Gasteiger partial charge >= 0.3 is 5.97 Å². The fraction of sp³-hybridized carbons (Fsp3) is 0.579. The predicted molar refractivity (Wildman–Crippen MR) is 100 cm³/mol. The summed E-state index contributed by atoms with van der Waals surface area (Å²) < 4.78 is 9.91. The molecule has 1 aromatic carbocycles. The second-order valence-electron chi connectivity index (χ2n) is 6.97. The van der Waals surface area contributed by atoms with Crippen molar-refractivity contribution in [3.8, 4) is 5.75 Å². The lowest BCUT2D eigenvalue weighted by molar-refractivity contribution is -0.142. The Morgan fingerprint density at radius 3 is 2.65 bits per heavy atom. The Kier molecular flexibility index (Phi) is 7.72. The zero-order valence-electron chi connectivity index (χ0n) is 15.0. The van der Waals surface area contributed by atoms with Crippen LogP contribution in [0.2, 0.25) is 0 Å². The number of carbonyl (C=O) groups excluding carboxylic acids is 2. The third kappa shape index (κ3) is 5.88. The maximum Gasteiger partial charge on any atom is 0.343 e. The van der Waals surface area contributed by atoms with Crippen molar-refractivity contribution in [3.63, 3.8) is 0 Å². The Morgan fingerprint density at radius 1 is 1.23 bits per heavy atom. The molecule has 6 nitrogen and oxygen atoms in total. The van der Waals surface area contributed by atoms with Crippen LogP contribution in [0.25, 0.3) is 0 Å². The first-order chi connectivity index (χ1) is 12.1. The Labute approximate surface area is 160 Å². The summed E-state index contributed by atoms with van der Waals surface area (Å²) in [6, 6.07) is 8.60. The fourth-order valence-electron chi connectivity index (χ4n) is 3.82. The number of hydrogen-bond donors (Lipinski definition) is 2. The highest BCUT2D eigenvalue weighted by Gasteiger charge is 2.34. The summed E-state index contributed by atoms with van der Waals surface area (Å²) in [5.74, 6) is 0.766. The zero-order chi connectivity index (χ0) is 17.6. The Morgan fingerprint density at radius 2 is 1.96 bits per heavy atom. The summed E-state index contributed by atoms with van der Waals surface area (Å²) in [5.41, 5.74) is 0.945. The summed E-state index contributed by atoms with van der Waals surface area (Å²) in [7, 11) is 1.32. The lowest BCUT2D eigenvalue weighted by atomic mass is 9.89. The SMILES string of the molecule is COC(=O)COc1cccc(CNC(=O)CC2CC3CCC(C2)N3)c1.Cl. The number of piperidine rings is 1. The Hall–Kier alpha value is -1.79. The largest absolute Gasteiger partial charge is 0.482 e. The highest BCUT2D eigenvalue weighted by molar-refractivity contribution is 5.85. The number of nitrogens with one attached hydrogen (secondary N) is 2. The third-order valence-electron chi connectivity index (χ3n) is 5.02. The number of hydrogen-bond acceptors (Lipinski definition) is 5. The molecule has 1 aromatic rings. The summed E-state index contributed by atoms with van der Waals surface area (Å²) in [4.78, 5) is 23.3. The van der Waals surface area contributed by atoms with E-state index in [2.05, 4.69) is 15.4 Å². The molecular weight excluding hydrogens is 356 g/mol. The van der Waals surface area contributed by atoms with Crippen LogP contribution >= 0.6 is 12.4 Å². The van der Waals surface area contributed by atoms with Crippen LogP contribution in [0.1, 0.15) is 37.7 Å². The molecule has 2 atom stereocenters. The number of methoxy groups -OCH3 is 1.